The summed E-state index contributed by atoms with van der Waals surface area (Å²) >= 11 is 0. The van der Waals surface area contributed by atoms with Crippen molar-refractivity contribution in [3.05, 3.63) is 48.5 Å². The van der Waals surface area contributed by atoms with Crippen LogP contribution in [0.25, 0.3) is 27.7 Å². The topological polar surface area (TPSA) is 108 Å². The lowest BCUT2D eigenvalue weighted by molar-refractivity contribution is -0.138. The van der Waals surface area contributed by atoms with Crippen LogP contribution in [0.1, 0.15) is 31.9 Å². The van der Waals surface area contributed by atoms with Crippen LogP contribution in [0.2, 0.25) is 0 Å². The molecule has 0 aromatic carbocycles. The van der Waals surface area contributed by atoms with Crippen molar-refractivity contribution < 1.29 is 9.59 Å². The molecule has 2 amide bonds. The summed E-state index contributed by atoms with van der Waals surface area (Å²) in [7, 11) is 0. The van der Waals surface area contributed by atoms with Crippen LogP contribution in [0.4, 0.5) is 0 Å². The Bertz CT molecular complexity index is 1290. The highest BCUT2D eigenvalue weighted by molar-refractivity contribution is 5.97. The lowest BCUT2D eigenvalue weighted by Crippen LogP contribution is -2.46. The van der Waals surface area contributed by atoms with Gasteiger partial charge in [0.15, 0.2) is 0 Å². The minimum atomic E-state index is -0.345. The van der Waals surface area contributed by atoms with Crippen LogP contribution in [-0.2, 0) is 16.0 Å². The molecular weight excluding hydrogens is 406 g/mol. The summed E-state index contributed by atoms with van der Waals surface area (Å²) in [6.45, 7) is 2.99. The van der Waals surface area contributed by atoms with Crippen LogP contribution in [0, 0.1) is 0 Å². The van der Waals surface area contributed by atoms with Crippen molar-refractivity contribution in [1.29, 1.82) is 0 Å². The third-order valence-electron chi connectivity index (χ3n) is 6.05. The molecule has 0 radical (unpaired) electrons. The molecule has 2 N–H and O–H groups in total. The van der Waals surface area contributed by atoms with Gasteiger partial charge in [0.2, 0.25) is 11.8 Å². The van der Waals surface area contributed by atoms with Gasteiger partial charge in [0.25, 0.3) is 0 Å². The number of fused-ring (bicyclic) bond motifs is 2. The number of hydrogen-bond acceptors (Lipinski definition) is 5. The number of aromatic amines is 1. The first-order valence-electron chi connectivity index (χ1n) is 11.0. The number of aromatic nitrogens is 5. The van der Waals surface area contributed by atoms with Crippen molar-refractivity contribution in [3.63, 3.8) is 0 Å². The standard InChI is InChI=1S/C23H25N7O2/c1-2-21(31)29-12-4-6-20(29)23(32)25-10-7-15-13-17-16(8-11-24-22(17)28-15)18-14-27-30-19(18)5-3-9-26-30/h3,5,8-9,11,13-14,20H,2,4,6-7,10,12H2,1H3,(H,24,28)(H,25,32). The first-order valence-corrected chi connectivity index (χ1v) is 11.0. The first-order chi connectivity index (χ1) is 15.7. The molecule has 0 aliphatic carbocycles. The molecule has 9 heteroatoms. The van der Waals surface area contributed by atoms with Crippen molar-refractivity contribution in [2.45, 2.75) is 38.6 Å². The quantitative estimate of drug-likeness (QED) is 0.487. The molecule has 5 heterocycles. The van der Waals surface area contributed by atoms with E-state index in [1.54, 1.807) is 21.9 Å². The van der Waals surface area contributed by atoms with E-state index >= 15 is 0 Å². The van der Waals surface area contributed by atoms with Crippen molar-refractivity contribution in [2.75, 3.05) is 13.1 Å². The molecule has 1 fully saturated rings. The van der Waals surface area contributed by atoms with Gasteiger partial charge in [-0.25, -0.2) is 4.98 Å². The number of likely N-dealkylation sites (tertiary alicyclic amines) is 1. The zero-order valence-corrected chi connectivity index (χ0v) is 17.9. The number of H-pyrrole nitrogens is 1. The Labute approximate surface area is 184 Å². The molecule has 1 unspecified atom stereocenters. The molecule has 5 rings (SSSR count). The number of carbonyl (C=O) groups is 2. The van der Waals surface area contributed by atoms with E-state index in [9.17, 15) is 9.59 Å². The lowest BCUT2D eigenvalue weighted by atomic mass is 10.1. The molecule has 4 aromatic heterocycles. The highest BCUT2D eigenvalue weighted by Crippen LogP contribution is 2.30. The van der Waals surface area contributed by atoms with E-state index in [-0.39, 0.29) is 17.9 Å². The van der Waals surface area contributed by atoms with E-state index in [1.165, 1.54) is 0 Å². The van der Waals surface area contributed by atoms with E-state index < -0.39 is 0 Å². The van der Waals surface area contributed by atoms with Gasteiger partial charge in [-0.2, -0.15) is 14.8 Å². The van der Waals surface area contributed by atoms with Gasteiger partial charge in [0.05, 0.1) is 11.7 Å². The maximum atomic E-state index is 12.6. The summed E-state index contributed by atoms with van der Waals surface area (Å²) in [5, 5.41) is 12.6. The molecule has 0 bridgehead atoms. The van der Waals surface area contributed by atoms with Gasteiger partial charge in [-0.05, 0) is 42.7 Å². The Hall–Kier alpha value is -3.75. The van der Waals surface area contributed by atoms with E-state index in [4.69, 9.17) is 0 Å². The molecule has 0 saturated carbocycles. The second-order valence-electron chi connectivity index (χ2n) is 8.01. The van der Waals surface area contributed by atoms with Crippen LogP contribution in [0.3, 0.4) is 0 Å². The van der Waals surface area contributed by atoms with Gasteiger partial charge in [-0.1, -0.05) is 6.92 Å². The van der Waals surface area contributed by atoms with Gasteiger partial charge >= 0.3 is 0 Å². The average Bonchev–Trinajstić information content (AvgIpc) is 3.55. The summed E-state index contributed by atoms with van der Waals surface area (Å²) in [6.07, 6.45) is 7.97. The molecule has 1 aliphatic rings. The van der Waals surface area contributed by atoms with Crippen LogP contribution >= 0.6 is 0 Å². The Morgan fingerprint density at radius 1 is 1.22 bits per heavy atom. The fourth-order valence-corrected chi connectivity index (χ4v) is 4.47. The molecule has 1 saturated heterocycles. The predicted molar refractivity (Wildman–Crippen MR) is 120 cm³/mol. The minimum absolute atomic E-state index is 0.0414. The molecule has 0 spiro atoms. The first kappa shape index (κ1) is 20.2. The molecule has 164 valence electrons. The van der Waals surface area contributed by atoms with Crippen molar-refractivity contribution in [1.82, 2.24) is 35.0 Å². The van der Waals surface area contributed by atoms with Crippen LogP contribution in [0.5, 0.6) is 0 Å². The number of amides is 2. The largest absolute Gasteiger partial charge is 0.354 e. The SMILES string of the molecule is CCC(=O)N1CCCC1C(=O)NCCc1cc2c(-c3cnn4ncccc34)ccnc2[nH]1. The summed E-state index contributed by atoms with van der Waals surface area (Å²) in [4.78, 5) is 34.2. The molecule has 1 atom stereocenters. The van der Waals surface area contributed by atoms with E-state index in [0.29, 0.717) is 25.9 Å². The molecule has 1 aliphatic heterocycles. The molecule has 9 nitrogen and oxygen atoms in total. The van der Waals surface area contributed by atoms with Crippen molar-refractivity contribution >= 4 is 28.4 Å². The third-order valence-corrected chi connectivity index (χ3v) is 6.05. The number of rotatable bonds is 6. The summed E-state index contributed by atoms with van der Waals surface area (Å²) < 4.78 is 1.61. The monoisotopic (exact) mass is 431 g/mol. The van der Waals surface area contributed by atoms with E-state index in [2.05, 4.69) is 31.5 Å². The second-order valence-corrected chi connectivity index (χ2v) is 8.01. The Kier molecular flexibility index (Phi) is 5.30. The van der Waals surface area contributed by atoms with Gasteiger partial charge in [0.1, 0.15) is 11.7 Å². The predicted octanol–water partition coefficient (Wildman–Crippen LogP) is 2.33. The zero-order chi connectivity index (χ0) is 22.1. The molecular formula is C23H25N7O2. The summed E-state index contributed by atoms with van der Waals surface area (Å²) in [5.41, 5.74) is 4.73. The molecule has 32 heavy (non-hydrogen) atoms. The smallest absolute Gasteiger partial charge is 0.242 e. The summed E-state index contributed by atoms with van der Waals surface area (Å²) in [6, 6.07) is 7.59. The number of pyridine rings is 1. The van der Waals surface area contributed by atoms with E-state index in [0.717, 1.165) is 46.2 Å². The van der Waals surface area contributed by atoms with Crippen molar-refractivity contribution in [3.8, 4) is 11.1 Å². The van der Waals surface area contributed by atoms with Gasteiger partial charge in [-0.3, -0.25) is 9.59 Å². The average molecular weight is 432 g/mol. The number of hydrogen-bond donors (Lipinski definition) is 2. The number of nitrogens with one attached hydrogen (secondary N) is 2. The van der Waals surface area contributed by atoms with Crippen molar-refractivity contribution in [2.24, 2.45) is 0 Å². The van der Waals surface area contributed by atoms with Gasteiger partial charge in [-0.15, -0.1) is 0 Å². The highest BCUT2D eigenvalue weighted by Gasteiger charge is 2.32. The maximum Gasteiger partial charge on any atom is 0.242 e. The second kappa shape index (κ2) is 8.41. The molecule has 4 aromatic rings. The fraction of sp³-hybridized carbons (Fsp3) is 0.348. The Balaban J connectivity index is 1.31. The minimum Gasteiger partial charge on any atom is -0.354 e. The third kappa shape index (κ3) is 3.59. The van der Waals surface area contributed by atoms with Gasteiger partial charge in [0, 0.05) is 55.0 Å². The number of nitrogens with zero attached hydrogens (tertiary/aromatic N) is 5. The van der Waals surface area contributed by atoms with Gasteiger partial charge < -0.3 is 15.2 Å². The Morgan fingerprint density at radius 3 is 3.00 bits per heavy atom. The fourth-order valence-electron chi connectivity index (χ4n) is 4.47. The highest BCUT2D eigenvalue weighted by atomic mass is 16.2. The van der Waals surface area contributed by atoms with Crippen LogP contribution in [-0.4, -0.2) is 60.6 Å². The zero-order valence-electron chi connectivity index (χ0n) is 17.9. The Morgan fingerprint density at radius 2 is 2.12 bits per heavy atom. The summed E-state index contributed by atoms with van der Waals surface area (Å²) in [5.74, 6) is -0.0298. The maximum absolute atomic E-state index is 12.6. The number of carbonyl (C=O) groups excluding carboxylic acids is 2. The van der Waals surface area contributed by atoms with Crippen LogP contribution in [0.15, 0.2) is 42.9 Å². The van der Waals surface area contributed by atoms with Crippen LogP contribution < -0.4 is 5.32 Å². The normalized spacial score (nSPS) is 16.2. The van der Waals surface area contributed by atoms with E-state index in [1.807, 2.05) is 31.3 Å². The lowest BCUT2D eigenvalue weighted by Gasteiger charge is -2.23.